The van der Waals surface area contributed by atoms with E-state index in [0.717, 1.165) is 12.1 Å². The number of rotatable bonds is 12. The summed E-state index contributed by atoms with van der Waals surface area (Å²) in [6, 6.07) is 0. The van der Waals surface area contributed by atoms with E-state index < -0.39 is 0 Å². The molecule has 0 fully saturated rings. The Balaban J connectivity index is 1.85. The Hall–Kier alpha value is -1.05. The van der Waals surface area contributed by atoms with Gasteiger partial charge in [0.1, 0.15) is 0 Å². The summed E-state index contributed by atoms with van der Waals surface area (Å²) in [6.07, 6.45) is 20.6. The maximum absolute atomic E-state index is 4.10. The standard InChI is InChI=1S/C17H30N2/c1-3-4-5-6-7-8-9-10-11-12-13-17(2)19-15-14-18-16-19/h14-16H,2-13H2,1H3. The molecule has 0 radical (unpaired) electrons. The van der Waals surface area contributed by atoms with Gasteiger partial charge in [-0.25, -0.2) is 4.98 Å². The highest BCUT2D eigenvalue weighted by Gasteiger charge is 1.97. The largest absolute Gasteiger partial charge is 0.311 e. The number of nitrogens with zero attached hydrogens (tertiary/aromatic N) is 2. The number of imidazole rings is 1. The molecule has 0 bridgehead atoms. The fraction of sp³-hybridized carbons (Fsp3) is 0.706. The van der Waals surface area contributed by atoms with Crippen LogP contribution in [0.4, 0.5) is 0 Å². The first-order valence-corrected chi connectivity index (χ1v) is 8.00. The van der Waals surface area contributed by atoms with Crippen molar-refractivity contribution in [2.45, 2.75) is 77.6 Å². The zero-order valence-electron chi connectivity index (χ0n) is 12.6. The molecule has 0 unspecified atom stereocenters. The highest BCUT2D eigenvalue weighted by Crippen LogP contribution is 2.14. The van der Waals surface area contributed by atoms with E-state index in [2.05, 4.69) is 18.5 Å². The van der Waals surface area contributed by atoms with E-state index >= 15 is 0 Å². The van der Waals surface area contributed by atoms with Gasteiger partial charge in [0.25, 0.3) is 0 Å². The van der Waals surface area contributed by atoms with Gasteiger partial charge in [0.15, 0.2) is 0 Å². The molecule has 0 amide bonds. The van der Waals surface area contributed by atoms with Crippen LogP contribution in [0.3, 0.4) is 0 Å². The van der Waals surface area contributed by atoms with Gasteiger partial charge in [-0.1, -0.05) is 71.3 Å². The summed E-state index contributed by atoms with van der Waals surface area (Å²) in [5.74, 6) is 0. The molecule has 1 aromatic heterocycles. The molecular formula is C17H30N2. The molecule has 0 aliphatic rings. The fourth-order valence-corrected chi connectivity index (χ4v) is 2.39. The van der Waals surface area contributed by atoms with Crippen LogP contribution in [-0.2, 0) is 0 Å². The van der Waals surface area contributed by atoms with E-state index in [1.807, 2.05) is 23.3 Å². The van der Waals surface area contributed by atoms with Crippen molar-refractivity contribution < 1.29 is 0 Å². The molecule has 1 heterocycles. The predicted octanol–water partition coefficient (Wildman–Crippen LogP) is 5.66. The van der Waals surface area contributed by atoms with Gasteiger partial charge in [0, 0.05) is 18.1 Å². The van der Waals surface area contributed by atoms with Crippen LogP contribution >= 0.6 is 0 Å². The minimum Gasteiger partial charge on any atom is -0.311 e. The average Bonchev–Trinajstić information content (AvgIpc) is 2.95. The van der Waals surface area contributed by atoms with Crippen molar-refractivity contribution in [3.8, 4) is 0 Å². The lowest BCUT2D eigenvalue weighted by Gasteiger charge is -2.06. The normalized spacial score (nSPS) is 10.8. The average molecular weight is 262 g/mol. The van der Waals surface area contributed by atoms with Crippen molar-refractivity contribution in [2.75, 3.05) is 0 Å². The van der Waals surface area contributed by atoms with Crippen molar-refractivity contribution in [3.05, 3.63) is 25.3 Å². The molecule has 0 aliphatic carbocycles. The van der Waals surface area contributed by atoms with E-state index in [4.69, 9.17) is 0 Å². The van der Waals surface area contributed by atoms with Gasteiger partial charge < -0.3 is 4.57 Å². The molecule has 0 saturated heterocycles. The molecule has 0 saturated carbocycles. The van der Waals surface area contributed by atoms with Gasteiger partial charge in [-0.3, -0.25) is 0 Å². The summed E-state index contributed by atoms with van der Waals surface area (Å²) >= 11 is 0. The van der Waals surface area contributed by atoms with Gasteiger partial charge in [0.05, 0.1) is 6.33 Å². The first kappa shape index (κ1) is 16.0. The number of hydrogen-bond acceptors (Lipinski definition) is 1. The molecule has 0 aliphatic heterocycles. The van der Waals surface area contributed by atoms with Crippen molar-refractivity contribution in [3.63, 3.8) is 0 Å². The maximum Gasteiger partial charge on any atom is 0.0988 e. The van der Waals surface area contributed by atoms with Gasteiger partial charge in [-0.15, -0.1) is 0 Å². The van der Waals surface area contributed by atoms with E-state index in [9.17, 15) is 0 Å². The number of aromatic nitrogens is 2. The summed E-state index contributed by atoms with van der Waals surface area (Å²) in [5.41, 5.74) is 1.16. The first-order valence-electron chi connectivity index (χ1n) is 8.00. The summed E-state index contributed by atoms with van der Waals surface area (Å²) in [4.78, 5) is 4.04. The highest BCUT2D eigenvalue weighted by molar-refractivity contribution is 5.40. The molecule has 0 aromatic carbocycles. The molecule has 2 nitrogen and oxygen atoms in total. The van der Waals surface area contributed by atoms with Crippen LogP contribution in [0.1, 0.15) is 77.6 Å². The molecule has 1 rings (SSSR count). The minimum absolute atomic E-state index is 1.09. The highest BCUT2D eigenvalue weighted by atomic mass is 15.0. The third-order valence-electron chi connectivity index (χ3n) is 3.69. The molecule has 2 heteroatoms. The quantitative estimate of drug-likeness (QED) is 0.444. The van der Waals surface area contributed by atoms with Crippen LogP contribution < -0.4 is 0 Å². The van der Waals surface area contributed by atoms with E-state index in [1.165, 1.54) is 64.2 Å². The third kappa shape index (κ3) is 7.86. The minimum atomic E-state index is 1.09. The Morgan fingerprint density at radius 3 is 2.05 bits per heavy atom. The predicted molar refractivity (Wildman–Crippen MR) is 84.0 cm³/mol. The van der Waals surface area contributed by atoms with Crippen LogP contribution in [0.15, 0.2) is 25.3 Å². The van der Waals surface area contributed by atoms with E-state index in [1.54, 1.807) is 0 Å². The van der Waals surface area contributed by atoms with Crippen LogP contribution in [0.25, 0.3) is 5.70 Å². The Kier molecular flexibility index (Phi) is 9.13. The maximum atomic E-state index is 4.10. The van der Waals surface area contributed by atoms with Crippen molar-refractivity contribution in [2.24, 2.45) is 0 Å². The monoisotopic (exact) mass is 262 g/mol. The second-order valence-corrected chi connectivity index (χ2v) is 5.47. The topological polar surface area (TPSA) is 17.8 Å². The van der Waals surface area contributed by atoms with Crippen LogP contribution in [0, 0.1) is 0 Å². The van der Waals surface area contributed by atoms with Gasteiger partial charge in [-0.05, 0) is 12.8 Å². The summed E-state index contributed by atoms with van der Waals surface area (Å²) in [5, 5.41) is 0. The molecular weight excluding hydrogens is 232 g/mol. The molecule has 108 valence electrons. The number of hydrogen-bond donors (Lipinski definition) is 0. The van der Waals surface area contributed by atoms with Gasteiger partial charge in [0.2, 0.25) is 0 Å². The lowest BCUT2D eigenvalue weighted by molar-refractivity contribution is 0.557. The third-order valence-corrected chi connectivity index (χ3v) is 3.69. The second kappa shape index (κ2) is 10.8. The Bertz CT molecular complexity index is 314. The van der Waals surface area contributed by atoms with Gasteiger partial charge in [-0.2, -0.15) is 0 Å². The molecule has 0 N–H and O–H groups in total. The van der Waals surface area contributed by atoms with Crippen molar-refractivity contribution in [1.82, 2.24) is 9.55 Å². The fourth-order valence-electron chi connectivity index (χ4n) is 2.39. The van der Waals surface area contributed by atoms with Crippen LogP contribution in [0.2, 0.25) is 0 Å². The van der Waals surface area contributed by atoms with Crippen molar-refractivity contribution >= 4 is 5.70 Å². The Morgan fingerprint density at radius 1 is 0.947 bits per heavy atom. The van der Waals surface area contributed by atoms with E-state index in [0.29, 0.717) is 0 Å². The van der Waals surface area contributed by atoms with Gasteiger partial charge >= 0.3 is 0 Å². The number of allylic oxidation sites excluding steroid dienone is 1. The van der Waals surface area contributed by atoms with Crippen molar-refractivity contribution in [1.29, 1.82) is 0 Å². The lowest BCUT2D eigenvalue weighted by atomic mass is 10.1. The molecule has 1 aromatic rings. The molecule has 0 atom stereocenters. The smallest absolute Gasteiger partial charge is 0.0988 e. The van der Waals surface area contributed by atoms with E-state index in [-0.39, 0.29) is 0 Å². The van der Waals surface area contributed by atoms with Crippen LogP contribution in [0.5, 0.6) is 0 Å². The summed E-state index contributed by atoms with van der Waals surface area (Å²) in [6.45, 7) is 6.37. The molecule has 19 heavy (non-hydrogen) atoms. The summed E-state index contributed by atoms with van der Waals surface area (Å²) < 4.78 is 2.02. The zero-order chi connectivity index (χ0) is 13.8. The lowest BCUT2D eigenvalue weighted by Crippen LogP contribution is -1.92. The Morgan fingerprint density at radius 2 is 1.53 bits per heavy atom. The Labute approximate surface area is 118 Å². The van der Waals surface area contributed by atoms with Crippen LogP contribution in [-0.4, -0.2) is 9.55 Å². The SMILES string of the molecule is C=C(CCCCCCCCCCCC)n1ccnc1. The molecule has 0 spiro atoms. The number of unbranched alkanes of at least 4 members (excludes halogenated alkanes) is 9. The zero-order valence-corrected chi connectivity index (χ0v) is 12.6. The first-order chi connectivity index (χ1) is 9.34. The summed E-state index contributed by atoms with van der Waals surface area (Å²) in [7, 11) is 0. The second-order valence-electron chi connectivity index (χ2n) is 5.47.